The third-order valence-electron chi connectivity index (χ3n) is 1.74. The minimum Gasteiger partial charge on any atom is -0.466 e. The first-order chi connectivity index (χ1) is 5.77. The maximum absolute atomic E-state index is 11.1. The van der Waals surface area contributed by atoms with E-state index in [4.69, 9.17) is 9.47 Å². The van der Waals surface area contributed by atoms with Crippen molar-refractivity contribution in [2.75, 3.05) is 6.61 Å². The molecule has 1 unspecified atom stereocenters. The molecule has 68 valence electrons. The zero-order chi connectivity index (χ0) is 8.97. The number of carbonyl (C=O) groups is 1. The molecule has 1 aliphatic heterocycles. The summed E-state index contributed by atoms with van der Waals surface area (Å²) in [5, 5.41) is 0. The Labute approximate surface area is 72.4 Å². The summed E-state index contributed by atoms with van der Waals surface area (Å²) in [5.74, 6) is 0.643. The Bertz CT molecular complexity index is 196. The minimum absolute atomic E-state index is 0.140. The van der Waals surface area contributed by atoms with Gasteiger partial charge in [-0.05, 0) is 13.3 Å². The minimum atomic E-state index is -0.295. The summed E-state index contributed by atoms with van der Waals surface area (Å²) < 4.78 is 10.4. The summed E-state index contributed by atoms with van der Waals surface area (Å²) in [7, 11) is 0. The number of ether oxygens (including phenoxy) is 2. The predicted octanol–water partition coefficient (Wildman–Crippen LogP) is 1.63. The van der Waals surface area contributed by atoms with Gasteiger partial charge in [0.05, 0.1) is 6.61 Å². The predicted molar refractivity (Wildman–Crippen MR) is 44.5 cm³/mol. The quantitative estimate of drug-likeness (QED) is 0.645. The summed E-state index contributed by atoms with van der Waals surface area (Å²) in [6.07, 6.45) is 2.55. The summed E-state index contributed by atoms with van der Waals surface area (Å²) >= 11 is 0. The fourth-order valence-electron chi connectivity index (χ4n) is 1.12. The lowest BCUT2D eigenvalue weighted by Crippen LogP contribution is -2.26. The fraction of sp³-hybridized carbons (Fsp3) is 0.667. The zero-order valence-electron chi connectivity index (χ0n) is 7.50. The van der Waals surface area contributed by atoms with Gasteiger partial charge in [0, 0.05) is 12.5 Å². The van der Waals surface area contributed by atoms with E-state index in [1.54, 1.807) is 6.08 Å². The highest BCUT2D eigenvalue weighted by molar-refractivity contribution is 5.85. The van der Waals surface area contributed by atoms with Crippen LogP contribution >= 0.6 is 0 Å². The van der Waals surface area contributed by atoms with Crippen molar-refractivity contribution in [1.29, 1.82) is 0 Å². The third kappa shape index (κ3) is 2.00. The SMILES string of the molecule is CCOC1=CCC(=O)C(CC)O1. The number of hydrogen-bond donors (Lipinski definition) is 0. The Morgan fingerprint density at radius 2 is 2.42 bits per heavy atom. The molecule has 0 aromatic carbocycles. The highest BCUT2D eigenvalue weighted by atomic mass is 16.7. The number of rotatable bonds is 3. The van der Waals surface area contributed by atoms with Gasteiger partial charge in [-0.15, -0.1) is 0 Å². The van der Waals surface area contributed by atoms with Gasteiger partial charge in [-0.2, -0.15) is 0 Å². The van der Waals surface area contributed by atoms with Crippen LogP contribution in [0.1, 0.15) is 26.7 Å². The molecule has 0 fully saturated rings. The lowest BCUT2D eigenvalue weighted by molar-refractivity contribution is -0.133. The Morgan fingerprint density at radius 3 is 3.00 bits per heavy atom. The average Bonchev–Trinajstić information content (AvgIpc) is 2.09. The Hall–Kier alpha value is -0.990. The molecule has 0 radical (unpaired) electrons. The van der Waals surface area contributed by atoms with Crippen LogP contribution < -0.4 is 0 Å². The van der Waals surface area contributed by atoms with Crippen LogP contribution in [0.5, 0.6) is 0 Å². The Morgan fingerprint density at radius 1 is 1.67 bits per heavy atom. The number of Topliss-reactive ketones (excluding diaryl/α,β-unsaturated/α-hetero) is 1. The highest BCUT2D eigenvalue weighted by Crippen LogP contribution is 2.16. The van der Waals surface area contributed by atoms with Gasteiger partial charge in [0.15, 0.2) is 11.9 Å². The summed E-state index contributed by atoms with van der Waals surface area (Å²) in [6.45, 7) is 4.40. The van der Waals surface area contributed by atoms with E-state index in [0.29, 0.717) is 25.4 Å². The molecular weight excluding hydrogens is 156 g/mol. The van der Waals surface area contributed by atoms with E-state index in [-0.39, 0.29) is 11.9 Å². The molecule has 3 heteroatoms. The van der Waals surface area contributed by atoms with Crippen molar-refractivity contribution in [3.05, 3.63) is 12.0 Å². The van der Waals surface area contributed by atoms with Crippen molar-refractivity contribution in [2.45, 2.75) is 32.8 Å². The second-order valence-corrected chi connectivity index (χ2v) is 2.64. The van der Waals surface area contributed by atoms with Crippen LogP contribution in [-0.4, -0.2) is 18.5 Å². The zero-order valence-corrected chi connectivity index (χ0v) is 7.50. The summed E-state index contributed by atoms with van der Waals surface area (Å²) in [5.41, 5.74) is 0. The van der Waals surface area contributed by atoms with Crippen molar-refractivity contribution in [3.63, 3.8) is 0 Å². The fourth-order valence-corrected chi connectivity index (χ4v) is 1.12. The molecule has 0 aromatic rings. The van der Waals surface area contributed by atoms with Gasteiger partial charge in [0.1, 0.15) is 0 Å². The molecule has 1 atom stereocenters. The Balaban J connectivity index is 2.53. The molecule has 0 aliphatic carbocycles. The van der Waals surface area contributed by atoms with Crippen molar-refractivity contribution in [3.8, 4) is 0 Å². The maximum Gasteiger partial charge on any atom is 0.276 e. The number of carbonyl (C=O) groups excluding carboxylic acids is 1. The number of allylic oxidation sites excluding steroid dienone is 1. The molecule has 12 heavy (non-hydrogen) atoms. The van der Waals surface area contributed by atoms with Gasteiger partial charge in [-0.1, -0.05) is 6.92 Å². The second kappa shape index (κ2) is 4.14. The van der Waals surface area contributed by atoms with Crippen molar-refractivity contribution >= 4 is 5.78 Å². The van der Waals surface area contributed by atoms with E-state index < -0.39 is 0 Å². The van der Waals surface area contributed by atoms with Gasteiger partial charge in [-0.25, -0.2) is 0 Å². The molecular formula is C9H14O3. The number of ketones is 1. The van der Waals surface area contributed by atoms with Gasteiger partial charge < -0.3 is 9.47 Å². The lowest BCUT2D eigenvalue weighted by atomic mass is 10.1. The van der Waals surface area contributed by atoms with Crippen molar-refractivity contribution < 1.29 is 14.3 Å². The lowest BCUT2D eigenvalue weighted by Gasteiger charge is -2.21. The monoisotopic (exact) mass is 170 g/mol. The van der Waals surface area contributed by atoms with E-state index >= 15 is 0 Å². The first-order valence-corrected chi connectivity index (χ1v) is 4.30. The molecule has 0 spiro atoms. The molecule has 3 nitrogen and oxygen atoms in total. The van der Waals surface area contributed by atoms with E-state index in [0.717, 1.165) is 0 Å². The van der Waals surface area contributed by atoms with E-state index in [9.17, 15) is 4.79 Å². The maximum atomic E-state index is 11.1. The summed E-state index contributed by atoms with van der Waals surface area (Å²) in [6, 6.07) is 0. The van der Waals surface area contributed by atoms with Crippen molar-refractivity contribution in [2.24, 2.45) is 0 Å². The van der Waals surface area contributed by atoms with Gasteiger partial charge in [0.25, 0.3) is 5.95 Å². The van der Waals surface area contributed by atoms with Gasteiger partial charge in [-0.3, -0.25) is 4.79 Å². The molecule has 0 saturated heterocycles. The molecule has 1 rings (SSSR count). The smallest absolute Gasteiger partial charge is 0.276 e. The van der Waals surface area contributed by atoms with E-state index in [1.807, 2.05) is 13.8 Å². The first kappa shape index (κ1) is 9.10. The normalized spacial score (nSPS) is 23.0. The Kier molecular flexibility index (Phi) is 3.14. The first-order valence-electron chi connectivity index (χ1n) is 4.30. The molecule has 1 heterocycles. The average molecular weight is 170 g/mol. The molecule has 0 aromatic heterocycles. The second-order valence-electron chi connectivity index (χ2n) is 2.64. The van der Waals surface area contributed by atoms with Gasteiger partial charge >= 0.3 is 0 Å². The molecule has 0 N–H and O–H groups in total. The van der Waals surface area contributed by atoms with Crippen LogP contribution in [-0.2, 0) is 14.3 Å². The van der Waals surface area contributed by atoms with Crippen molar-refractivity contribution in [1.82, 2.24) is 0 Å². The van der Waals surface area contributed by atoms with Crippen LogP contribution in [0, 0.1) is 0 Å². The molecule has 1 aliphatic rings. The largest absolute Gasteiger partial charge is 0.466 e. The highest BCUT2D eigenvalue weighted by Gasteiger charge is 2.23. The summed E-state index contributed by atoms with van der Waals surface area (Å²) in [4.78, 5) is 11.1. The van der Waals surface area contributed by atoms with Crippen LogP contribution in [0.4, 0.5) is 0 Å². The number of hydrogen-bond acceptors (Lipinski definition) is 3. The van der Waals surface area contributed by atoms with Crippen LogP contribution in [0.25, 0.3) is 0 Å². The van der Waals surface area contributed by atoms with E-state index in [1.165, 1.54) is 0 Å². The van der Waals surface area contributed by atoms with Crippen LogP contribution in [0.2, 0.25) is 0 Å². The third-order valence-corrected chi connectivity index (χ3v) is 1.74. The topological polar surface area (TPSA) is 35.5 Å². The van der Waals surface area contributed by atoms with E-state index in [2.05, 4.69) is 0 Å². The molecule has 0 bridgehead atoms. The van der Waals surface area contributed by atoms with Crippen LogP contribution in [0.3, 0.4) is 0 Å². The van der Waals surface area contributed by atoms with Gasteiger partial charge in [0.2, 0.25) is 0 Å². The molecule has 0 amide bonds. The van der Waals surface area contributed by atoms with Crippen LogP contribution in [0.15, 0.2) is 12.0 Å². The molecule has 0 saturated carbocycles. The standard InChI is InChI=1S/C9H14O3/c1-3-8-7(10)5-6-9(12-8)11-4-2/h6,8H,3-5H2,1-2H3.